The summed E-state index contributed by atoms with van der Waals surface area (Å²) in [5.41, 5.74) is 6.39. The van der Waals surface area contributed by atoms with Gasteiger partial charge in [-0.05, 0) is 76.4 Å². The predicted octanol–water partition coefficient (Wildman–Crippen LogP) is 5.34. The topological polar surface area (TPSA) is 128 Å². The first kappa shape index (κ1) is 29.5. The highest BCUT2D eigenvalue weighted by Gasteiger charge is 2.17. The van der Waals surface area contributed by atoms with Gasteiger partial charge in [0.2, 0.25) is 5.91 Å². The van der Waals surface area contributed by atoms with Crippen molar-refractivity contribution in [3.63, 3.8) is 0 Å². The Balaban J connectivity index is 1.18. The molecule has 0 radical (unpaired) electrons. The molecule has 0 aliphatic carbocycles. The van der Waals surface area contributed by atoms with Crippen LogP contribution in [0.2, 0.25) is 0 Å². The van der Waals surface area contributed by atoms with Crippen molar-refractivity contribution < 1.29 is 13.9 Å². The molecule has 1 amide bonds. The van der Waals surface area contributed by atoms with Crippen molar-refractivity contribution in [1.82, 2.24) is 39.9 Å². The van der Waals surface area contributed by atoms with Gasteiger partial charge in [-0.3, -0.25) is 29.7 Å². The van der Waals surface area contributed by atoms with Crippen LogP contribution in [0.3, 0.4) is 0 Å². The molecular formula is C34H34FN9O2. The highest BCUT2D eigenvalue weighted by Crippen LogP contribution is 2.35. The number of nitrogens with one attached hydrogen (secondary N) is 3. The number of fused-ring (bicyclic) bond motifs is 2. The molecule has 46 heavy (non-hydrogen) atoms. The third-order valence-electron chi connectivity index (χ3n) is 8.05. The molecule has 11 nitrogen and oxygen atoms in total. The number of hydrogen-bond donors (Lipinski definition) is 3. The molecule has 12 heteroatoms. The number of ether oxygens (including phenoxy) is 1. The molecule has 3 N–H and O–H groups in total. The highest BCUT2D eigenvalue weighted by atomic mass is 19.1. The first-order valence-electron chi connectivity index (χ1n) is 15.3. The van der Waals surface area contributed by atoms with Gasteiger partial charge in [-0.25, -0.2) is 4.39 Å². The van der Waals surface area contributed by atoms with Crippen LogP contribution in [0.25, 0.3) is 55.7 Å². The Hall–Kier alpha value is -5.20. The zero-order valence-electron chi connectivity index (χ0n) is 25.7. The second-order valence-corrected chi connectivity index (χ2v) is 11.8. The fraction of sp³-hybridized carbons (Fsp3) is 0.265. The van der Waals surface area contributed by atoms with Crippen LogP contribution in [0.1, 0.15) is 12.8 Å². The van der Waals surface area contributed by atoms with E-state index in [4.69, 9.17) is 4.74 Å². The number of H-pyrrole nitrogens is 2. The van der Waals surface area contributed by atoms with Gasteiger partial charge < -0.3 is 19.9 Å². The summed E-state index contributed by atoms with van der Waals surface area (Å²) in [6, 6.07) is 12.4. The van der Waals surface area contributed by atoms with Gasteiger partial charge >= 0.3 is 0 Å². The summed E-state index contributed by atoms with van der Waals surface area (Å²) < 4.78 is 20.7. The second-order valence-electron chi connectivity index (χ2n) is 11.8. The number of hydrogen-bond acceptors (Lipinski definition) is 8. The quantitative estimate of drug-likeness (QED) is 0.187. The second kappa shape index (κ2) is 12.7. The molecule has 6 aromatic rings. The Labute approximate surface area is 264 Å². The summed E-state index contributed by atoms with van der Waals surface area (Å²) in [6.07, 6.45) is 9.19. The zero-order chi connectivity index (χ0) is 31.6. The SMILES string of the molecule is CN(C)CC(=O)Nc1cncc(-c2cc3c(-c4cc5c(-c6cc(F)cc(OCCN7CCCC7)c6)nccc5[nH]4)n[nH]c3cn2)c1. The van der Waals surface area contributed by atoms with Crippen molar-refractivity contribution in [2.75, 3.05) is 52.2 Å². The number of likely N-dealkylation sites (N-methyl/N-ethyl adjacent to an activating group) is 1. The fourth-order valence-corrected chi connectivity index (χ4v) is 5.91. The maximum Gasteiger partial charge on any atom is 0.238 e. The molecule has 0 unspecified atom stereocenters. The van der Waals surface area contributed by atoms with Crippen LogP contribution in [0, 0.1) is 5.82 Å². The minimum atomic E-state index is -0.377. The monoisotopic (exact) mass is 619 g/mol. The lowest BCUT2D eigenvalue weighted by Crippen LogP contribution is -2.27. The average Bonchev–Trinajstić information content (AvgIpc) is 3.80. The van der Waals surface area contributed by atoms with Crippen LogP contribution in [-0.4, -0.2) is 92.7 Å². The first-order chi connectivity index (χ1) is 22.4. The van der Waals surface area contributed by atoms with Crippen LogP contribution in [0.15, 0.2) is 67.3 Å². The summed E-state index contributed by atoms with van der Waals surface area (Å²) in [6.45, 7) is 3.77. The number of likely N-dealkylation sites (tertiary alicyclic amines) is 1. The smallest absolute Gasteiger partial charge is 0.238 e. The number of carbonyl (C=O) groups is 1. The van der Waals surface area contributed by atoms with Gasteiger partial charge in [0.1, 0.15) is 23.9 Å². The number of benzene rings is 1. The van der Waals surface area contributed by atoms with Gasteiger partial charge in [-0.15, -0.1) is 0 Å². The van der Waals surface area contributed by atoms with E-state index in [1.807, 2.05) is 44.4 Å². The lowest BCUT2D eigenvalue weighted by molar-refractivity contribution is -0.116. The molecule has 7 rings (SSSR count). The van der Waals surface area contributed by atoms with Crippen LogP contribution >= 0.6 is 0 Å². The van der Waals surface area contributed by atoms with E-state index in [9.17, 15) is 9.18 Å². The fourth-order valence-electron chi connectivity index (χ4n) is 5.91. The van der Waals surface area contributed by atoms with Crippen molar-refractivity contribution >= 4 is 33.4 Å². The van der Waals surface area contributed by atoms with Crippen molar-refractivity contribution in [3.05, 3.63) is 73.1 Å². The molecule has 1 aromatic carbocycles. The molecule has 234 valence electrons. The predicted molar refractivity (Wildman–Crippen MR) is 176 cm³/mol. The Morgan fingerprint density at radius 3 is 2.67 bits per heavy atom. The summed E-state index contributed by atoms with van der Waals surface area (Å²) in [7, 11) is 3.68. The molecule has 0 saturated carbocycles. The van der Waals surface area contributed by atoms with Gasteiger partial charge in [0, 0.05) is 52.4 Å². The van der Waals surface area contributed by atoms with Gasteiger partial charge in [0.15, 0.2) is 0 Å². The Kier molecular flexibility index (Phi) is 8.12. The summed E-state index contributed by atoms with van der Waals surface area (Å²) in [5, 5.41) is 12.2. The number of anilines is 1. The first-order valence-corrected chi connectivity index (χ1v) is 15.3. The van der Waals surface area contributed by atoms with E-state index in [2.05, 4.69) is 40.3 Å². The van der Waals surface area contributed by atoms with Crippen LogP contribution in [-0.2, 0) is 4.79 Å². The van der Waals surface area contributed by atoms with E-state index in [1.165, 1.54) is 25.0 Å². The van der Waals surface area contributed by atoms with Gasteiger partial charge in [0.05, 0.1) is 47.2 Å². The highest BCUT2D eigenvalue weighted by molar-refractivity contribution is 6.00. The minimum absolute atomic E-state index is 0.128. The lowest BCUT2D eigenvalue weighted by Gasteiger charge is -2.15. The third kappa shape index (κ3) is 6.30. The number of amides is 1. The number of nitrogens with zero attached hydrogens (tertiary/aromatic N) is 6. The zero-order valence-corrected chi connectivity index (χ0v) is 25.7. The van der Waals surface area contributed by atoms with Gasteiger partial charge in [-0.2, -0.15) is 5.10 Å². The molecule has 1 saturated heterocycles. The average molecular weight is 620 g/mol. The van der Waals surface area contributed by atoms with Crippen molar-refractivity contribution in [2.24, 2.45) is 0 Å². The summed E-state index contributed by atoms with van der Waals surface area (Å²) in [5.74, 6) is -0.0213. The minimum Gasteiger partial charge on any atom is -0.492 e. The third-order valence-corrected chi connectivity index (χ3v) is 8.05. The number of carbonyl (C=O) groups excluding carboxylic acids is 1. The summed E-state index contributed by atoms with van der Waals surface area (Å²) >= 11 is 0. The molecular weight excluding hydrogens is 585 g/mol. The van der Waals surface area contributed by atoms with Gasteiger partial charge in [-0.1, -0.05) is 0 Å². The van der Waals surface area contributed by atoms with Gasteiger partial charge in [0.25, 0.3) is 0 Å². The normalized spacial score (nSPS) is 13.7. The van der Waals surface area contributed by atoms with E-state index in [-0.39, 0.29) is 18.3 Å². The summed E-state index contributed by atoms with van der Waals surface area (Å²) in [4.78, 5) is 33.5. The number of rotatable bonds is 10. The molecule has 0 spiro atoms. The number of pyridine rings is 3. The molecule has 0 atom stereocenters. The standard InChI is InChI=1S/C34H34FN9O2/c1-43(2)20-32(45)39-24-12-22(17-36-18-24)29-15-27-31(19-38-29)41-42-34(27)30-16-26-28(40-30)5-6-37-33(26)21-11-23(35)14-25(13-21)46-10-9-44-7-3-4-8-44/h5-6,11-19,40H,3-4,7-10,20H2,1-2H3,(H,39,45)(H,41,42). The molecule has 1 fully saturated rings. The maximum absolute atomic E-state index is 14.8. The van der Waals surface area contributed by atoms with Crippen LogP contribution in [0.5, 0.6) is 5.75 Å². The number of aromatic amines is 2. The lowest BCUT2D eigenvalue weighted by atomic mass is 10.1. The molecule has 1 aliphatic rings. The maximum atomic E-state index is 14.8. The number of halogens is 1. The van der Waals surface area contributed by atoms with E-state index in [0.717, 1.165) is 52.7 Å². The van der Waals surface area contributed by atoms with E-state index < -0.39 is 0 Å². The van der Waals surface area contributed by atoms with Crippen molar-refractivity contribution in [2.45, 2.75) is 12.8 Å². The van der Waals surface area contributed by atoms with Crippen LogP contribution in [0.4, 0.5) is 10.1 Å². The Bertz CT molecular complexity index is 2030. The number of aromatic nitrogens is 6. The van der Waals surface area contributed by atoms with Crippen molar-refractivity contribution in [1.29, 1.82) is 0 Å². The molecule has 5 aromatic heterocycles. The van der Waals surface area contributed by atoms with E-state index >= 15 is 0 Å². The Morgan fingerprint density at radius 1 is 0.978 bits per heavy atom. The largest absolute Gasteiger partial charge is 0.492 e. The van der Waals surface area contributed by atoms with E-state index in [0.29, 0.717) is 40.7 Å². The van der Waals surface area contributed by atoms with E-state index in [1.54, 1.807) is 29.7 Å². The molecule has 1 aliphatic heterocycles. The van der Waals surface area contributed by atoms with Crippen molar-refractivity contribution in [3.8, 4) is 39.7 Å². The molecule has 6 heterocycles. The molecule has 0 bridgehead atoms. The Morgan fingerprint density at radius 2 is 1.83 bits per heavy atom. The van der Waals surface area contributed by atoms with Crippen LogP contribution < -0.4 is 10.1 Å².